The van der Waals surface area contributed by atoms with Crippen LogP contribution in [0.1, 0.15) is 12.8 Å². The van der Waals surface area contributed by atoms with E-state index in [0.29, 0.717) is 22.1 Å². The zero-order valence-corrected chi connectivity index (χ0v) is 16.7. The maximum Gasteiger partial charge on any atom is 0.108 e. The smallest absolute Gasteiger partial charge is 0.108 e. The Hall–Kier alpha value is -0.640. The van der Waals surface area contributed by atoms with Crippen LogP contribution in [0.25, 0.3) is 0 Å². The zero-order chi connectivity index (χ0) is 18.1. The number of aliphatic hydroxyl groups excluding tert-OH is 2. The van der Waals surface area contributed by atoms with Gasteiger partial charge in [-0.3, -0.25) is 0 Å². The van der Waals surface area contributed by atoms with Gasteiger partial charge in [0.1, 0.15) is 25.3 Å². The van der Waals surface area contributed by atoms with Crippen LogP contribution in [0.5, 0.6) is 0 Å². The van der Waals surface area contributed by atoms with E-state index in [0.717, 1.165) is 0 Å². The molecule has 0 rings (SSSR count). The van der Waals surface area contributed by atoms with Crippen molar-refractivity contribution in [2.24, 2.45) is 0 Å². The van der Waals surface area contributed by atoms with E-state index < -0.39 is 24.1 Å². The third-order valence-electron chi connectivity index (χ3n) is 2.32. The molecule has 0 fully saturated rings. The number of likely N-dealkylation sites (N-methyl/N-ethyl adjacent to an activating group) is 2. The van der Waals surface area contributed by atoms with E-state index in [9.17, 15) is 19.8 Å². The predicted octanol–water partition coefficient (Wildman–Crippen LogP) is -9.61. The first-order chi connectivity index (χ1) is 9.62. The Morgan fingerprint density at radius 1 is 0.750 bits per heavy atom. The van der Waals surface area contributed by atoms with Crippen molar-refractivity contribution in [2.75, 3.05) is 55.4 Å². The minimum Gasteiger partial charge on any atom is -1.00 e. The lowest BCUT2D eigenvalue weighted by atomic mass is 10.2. The number of carbonyl (C=O) groups is 2. The van der Waals surface area contributed by atoms with E-state index in [2.05, 4.69) is 0 Å². The second-order valence-electron chi connectivity index (χ2n) is 7.41. The largest absolute Gasteiger partial charge is 1.00 e. The summed E-state index contributed by atoms with van der Waals surface area (Å²) in [7, 11) is 11.3. The van der Waals surface area contributed by atoms with Crippen molar-refractivity contribution in [3.63, 3.8) is 0 Å². The third-order valence-corrected chi connectivity index (χ3v) is 2.32. The average molecular weight is 393 g/mol. The van der Waals surface area contributed by atoms with Gasteiger partial charge in [0.15, 0.2) is 0 Å². The maximum atomic E-state index is 10.0. The van der Waals surface area contributed by atoms with E-state index in [1.165, 1.54) is 0 Å². The number of aliphatic hydroxyl groups is 2. The molecular weight excluding hydrogens is 363 g/mol. The molecule has 0 aliphatic heterocycles. The number of hydrogen-bond donors (Lipinski definition) is 2. The summed E-state index contributed by atoms with van der Waals surface area (Å²) in [6.07, 6.45) is -2.18. The van der Waals surface area contributed by atoms with Crippen LogP contribution in [0, 0.1) is 0 Å². The average Bonchev–Trinajstić information content (AvgIpc) is 2.07. The molecule has 0 aliphatic rings. The van der Waals surface area contributed by atoms with Crippen LogP contribution in [-0.2, 0) is 9.59 Å². The van der Waals surface area contributed by atoms with Gasteiger partial charge in [-0.05, 0) is 0 Å². The summed E-state index contributed by atoms with van der Waals surface area (Å²) in [4.78, 5) is 20.0. The summed E-state index contributed by atoms with van der Waals surface area (Å²) >= 11 is 0. The number of aliphatic carboxylic acids is 2. The molecule has 0 aromatic rings. The van der Waals surface area contributed by atoms with Crippen molar-refractivity contribution in [1.29, 1.82) is 0 Å². The Morgan fingerprint density at radius 2 is 0.958 bits per heavy atom. The van der Waals surface area contributed by atoms with Gasteiger partial charge < -0.3 is 63.8 Å². The van der Waals surface area contributed by atoms with Crippen LogP contribution in [0.4, 0.5) is 0 Å². The van der Waals surface area contributed by atoms with Gasteiger partial charge in [0.25, 0.3) is 0 Å². The number of quaternary nitrogens is 2. The Kier molecular flexibility index (Phi) is 17.7. The van der Waals surface area contributed by atoms with Crippen LogP contribution < -0.4 is 35.0 Å². The summed E-state index contributed by atoms with van der Waals surface area (Å²) in [5, 5.41) is 38.3. The third kappa shape index (κ3) is 29.4. The fraction of sp³-hybridized carbons (Fsp3) is 0.857. The molecule has 10 heteroatoms. The van der Waals surface area contributed by atoms with Crippen molar-refractivity contribution in [3.8, 4) is 0 Å². The van der Waals surface area contributed by atoms with Crippen molar-refractivity contribution in [2.45, 2.75) is 25.0 Å². The fourth-order valence-corrected chi connectivity index (χ4v) is 1.78. The van der Waals surface area contributed by atoms with E-state index in [-0.39, 0.29) is 37.7 Å². The molecule has 148 valence electrons. The number of halogens is 2. The second-order valence-corrected chi connectivity index (χ2v) is 7.41. The lowest BCUT2D eigenvalue weighted by Crippen LogP contribution is -3.00. The molecule has 0 aromatic heterocycles. The molecule has 0 amide bonds. The molecule has 0 saturated heterocycles. The quantitative estimate of drug-likeness (QED) is 0.395. The van der Waals surface area contributed by atoms with Crippen LogP contribution in [0.15, 0.2) is 0 Å². The molecule has 2 N–H and O–H groups in total. The van der Waals surface area contributed by atoms with Gasteiger partial charge in [-0.2, -0.15) is 0 Å². The summed E-state index contributed by atoms with van der Waals surface area (Å²) in [6.45, 7) is 0.849. The highest BCUT2D eigenvalue weighted by Crippen LogP contribution is 1.98. The summed E-state index contributed by atoms with van der Waals surface area (Å²) in [6, 6.07) is 0. The Balaban J connectivity index is -0.000000154. The van der Waals surface area contributed by atoms with Gasteiger partial charge in [-0.1, -0.05) is 0 Å². The molecule has 0 radical (unpaired) electrons. The SMILES string of the molecule is C[N+](C)(C)CC(O)CC(=O)[O-].C[N+](C)(C)CC(O)CC(=O)[O-].[Cl-].[Cl-]. The van der Waals surface area contributed by atoms with Crippen LogP contribution in [-0.4, -0.2) is 98.7 Å². The van der Waals surface area contributed by atoms with Crippen LogP contribution in [0.3, 0.4) is 0 Å². The van der Waals surface area contributed by atoms with Crippen molar-refractivity contribution >= 4 is 11.9 Å². The Labute approximate surface area is 156 Å². The first kappa shape index (κ1) is 31.2. The molecule has 0 spiro atoms. The lowest BCUT2D eigenvalue weighted by Gasteiger charge is -2.26. The Bertz CT molecular complexity index is 322. The minimum atomic E-state index is -1.20. The number of hydrogen-bond acceptors (Lipinski definition) is 6. The monoisotopic (exact) mass is 392 g/mol. The number of rotatable bonds is 8. The van der Waals surface area contributed by atoms with Crippen LogP contribution >= 0.6 is 0 Å². The summed E-state index contributed by atoms with van der Waals surface area (Å²) in [5.74, 6) is -2.41. The highest BCUT2D eigenvalue weighted by atomic mass is 35.5. The molecule has 24 heavy (non-hydrogen) atoms. The van der Waals surface area contributed by atoms with Gasteiger partial charge in [0, 0.05) is 24.8 Å². The number of carbonyl (C=O) groups excluding carboxylic acids is 2. The summed E-state index contributed by atoms with van der Waals surface area (Å²) < 4.78 is 1.10. The minimum absolute atomic E-state index is 0. The molecular formula is C14H30Cl2N2O6-2. The first-order valence-corrected chi connectivity index (χ1v) is 6.99. The van der Waals surface area contributed by atoms with Crippen molar-refractivity contribution in [1.82, 2.24) is 0 Å². The molecule has 0 aliphatic carbocycles. The standard InChI is InChI=1S/2C7H15NO3.2ClH/c2*1-8(2,3)5-6(9)4-7(10)11;;/h2*6,9H,4-5H2,1-3H3;2*1H/p-2. The second kappa shape index (κ2) is 13.6. The number of carboxylic acids is 2. The van der Waals surface area contributed by atoms with E-state index in [1.54, 1.807) is 0 Å². The van der Waals surface area contributed by atoms with E-state index in [1.807, 2.05) is 42.3 Å². The number of nitrogens with zero attached hydrogens (tertiary/aromatic N) is 2. The topological polar surface area (TPSA) is 121 Å². The van der Waals surface area contributed by atoms with Gasteiger partial charge in [-0.25, -0.2) is 0 Å². The normalized spacial score (nSPS) is 13.3. The molecule has 0 saturated carbocycles. The maximum absolute atomic E-state index is 10.0. The first-order valence-electron chi connectivity index (χ1n) is 6.99. The molecule has 0 aromatic carbocycles. The molecule has 8 nitrogen and oxygen atoms in total. The van der Waals surface area contributed by atoms with E-state index in [4.69, 9.17) is 10.2 Å². The van der Waals surface area contributed by atoms with Gasteiger partial charge >= 0.3 is 0 Å². The van der Waals surface area contributed by atoms with Crippen LogP contribution in [0.2, 0.25) is 0 Å². The van der Waals surface area contributed by atoms with Gasteiger partial charge in [0.2, 0.25) is 0 Å². The molecule has 2 unspecified atom stereocenters. The fourth-order valence-electron chi connectivity index (χ4n) is 1.78. The van der Waals surface area contributed by atoms with E-state index >= 15 is 0 Å². The summed E-state index contributed by atoms with van der Waals surface area (Å²) in [5.41, 5.74) is 0. The van der Waals surface area contributed by atoms with Gasteiger partial charge in [-0.15, -0.1) is 0 Å². The van der Waals surface area contributed by atoms with Crippen molar-refractivity contribution < 1.29 is 63.8 Å². The van der Waals surface area contributed by atoms with Gasteiger partial charge in [0.05, 0.1) is 42.3 Å². The predicted molar refractivity (Wildman–Crippen MR) is 77.1 cm³/mol. The number of carboxylic acid groups (broad SMARTS) is 2. The molecule has 2 atom stereocenters. The highest BCUT2D eigenvalue weighted by Gasteiger charge is 2.15. The Morgan fingerprint density at radius 3 is 1.08 bits per heavy atom. The highest BCUT2D eigenvalue weighted by molar-refractivity contribution is 5.65. The van der Waals surface area contributed by atoms with Crippen molar-refractivity contribution in [3.05, 3.63) is 0 Å². The zero-order valence-electron chi connectivity index (χ0n) is 15.2. The lowest BCUT2D eigenvalue weighted by molar-refractivity contribution is -0.873. The molecule has 0 heterocycles. The molecule has 0 bridgehead atoms.